The van der Waals surface area contributed by atoms with Crippen LogP contribution in [0.4, 0.5) is 5.69 Å². The first-order chi connectivity index (χ1) is 4.25. The van der Waals surface area contributed by atoms with E-state index in [1.807, 2.05) is 7.05 Å². The van der Waals surface area contributed by atoms with Gasteiger partial charge < -0.3 is 5.32 Å². The summed E-state index contributed by atoms with van der Waals surface area (Å²) in [5, 5.41) is 3.51. The number of halogens is 2. The molecule has 0 amide bonds. The molecule has 0 bridgehead atoms. The van der Waals surface area contributed by atoms with E-state index < -0.39 is 0 Å². The van der Waals surface area contributed by atoms with Crippen LogP contribution in [0, 0.1) is 2.88 Å². The van der Waals surface area contributed by atoms with Crippen LogP contribution in [0.25, 0.3) is 0 Å². The van der Waals surface area contributed by atoms with Crippen molar-refractivity contribution in [1.82, 2.24) is 4.37 Å². The third kappa shape index (κ3) is 1.47. The Morgan fingerprint density at radius 3 is 2.67 bits per heavy atom. The molecule has 0 radical (unpaired) electrons. The number of aromatic nitrogens is 1. The number of rotatable bonds is 1. The van der Waals surface area contributed by atoms with Crippen LogP contribution in [0.2, 0.25) is 5.15 Å². The fourth-order valence-electron chi connectivity index (χ4n) is 0.454. The summed E-state index contributed by atoms with van der Waals surface area (Å²) in [6.45, 7) is 0. The molecule has 1 rings (SSSR count). The number of nitrogens with one attached hydrogen (secondary N) is 1. The second-order valence-corrected chi connectivity index (χ2v) is 4.31. The van der Waals surface area contributed by atoms with E-state index in [-0.39, 0.29) is 0 Å². The Kier molecular flexibility index (Phi) is 2.54. The molecule has 2 nitrogen and oxygen atoms in total. The molecule has 0 saturated carbocycles. The first-order valence-electron chi connectivity index (χ1n) is 2.24. The molecule has 0 aliphatic carbocycles. The number of nitrogens with zero attached hydrogens (tertiary/aromatic N) is 1. The molecule has 0 fully saturated rings. The lowest BCUT2D eigenvalue weighted by molar-refractivity contribution is 1.49. The largest absolute Gasteiger partial charge is 0.384 e. The number of hydrogen-bond donors (Lipinski definition) is 1. The molecule has 0 unspecified atom stereocenters. The van der Waals surface area contributed by atoms with Crippen molar-refractivity contribution in [2.24, 2.45) is 0 Å². The van der Waals surface area contributed by atoms with Crippen molar-refractivity contribution < 1.29 is 0 Å². The zero-order valence-corrected chi connectivity index (χ0v) is 8.34. The maximum absolute atomic E-state index is 5.68. The second kappa shape index (κ2) is 3.03. The van der Waals surface area contributed by atoms with Gasteiger partial charge in [-0.05, 0) is 34.1 Å². The van der Waals surface area contributed by atoms with Crippen LogP contribution in [0.5, 0.6) is 0 Å². The highest BCUT2D eigenvalue weighted by Gasteiger charge is 2.05. The molecule has 0 spiro atoms. The van der Waals surface area contributed by atoms with E-state index in [4.69, 9.17) is 11.6 Å². The van der Waals surface area contributed by atoms with Crippen LogP contribution in [0.3, 0.4) is 0 Å². The van der Waals surface area contributed by atoms with Crippen LogP contribution in [-0.4, -0.2) is 11.4 Å². The summed E-state index contributed by atoms with van der Waals surface area (Å²) in [7, 11) is 1.83. The summed E-state index contributed by atoms with van der Waals surface area (Å²) in [6, 6.07) is 0. The van der Waals surface area contributed by atoms with Crippen LogP contribution in [-0.2, 0) is 0 Å². The zero-order valence-electron chi connectivity index (χ0n) is 4.61. The minimum absolute atomic E-state index is 0.562. The van der Waals surface area contributed by atoms with Crippen molar-refractivity contribution >= 4 is 51.4 Å². The van der Waals surface area contributed by atoms with Gasteiger partial charge in [0.1, 0.15) is 2.88 Å². The number of anilines is 1. The molecule has 5 heteroatoms. The fraction of sp³-hybridized carbons (Fsp3) is 0.250. The summed E-state index contributed by atoms with van der Waals surface area (Å²) in [5.74, 6) is 0. The topological polar surface area (TPSA) is 24.9 Å². The molecule has 0 atom stereocenters. The Labute approximate surface area is 75.9 Å². The summed E-state index contributed by atoms with van der Waals surface area (Å²) in [4.78, 5) is 0. The highest BCUT2D eigenvalue weighted by Crippen LogP contribution is 2.29. The van der Waals surface area contributed by atoms with Crippen LogP contribution < -0.4 is 5.32 Å². The Hall–Kier alpha value is 0.450. The monoisotopic (exact) mass is 274 g/mol. The molecule has 1 heterocycles. The van der Waals surface area contributed by atoms with Crippen molar-refractivity contribution in [3.63, 3.8) is 0 Å². The van der Waals surface area contributed by atoms with Gasteiger partial charge in [0.05, 0.1) is 5.69 Å². The smallest absolute Gasteiger partial charge is 0.167 e. The molecule has 50 valence electrons. The van der Waals surface area contributed by atoms with E-state index >= 15 is 0 Å². The van der Waals surface area contributed by atoms with Gasteiger partial charge in [-0.2, -0.15) is 4.37 Å². The van der Waals surface area contributed by atoms with Crippen LogP contribution in [0.1, 0.15) is 0 Å². The number of hydrogen-bond acceptors (Lipinski definition) is 3. The van der Waals surface area contributed by atoms with Gasteiger partial charge in [-0.25, -0.2) is 0 Å². The second-order valence-electron chi connectivity index (χ2n) is 1.37. The van der Waals surface area contributed by atoms with E-state index in [1.54, 1.807) is 0 Å². The third-order valence-corrected chi connectivity index (χ3v) is 3.00. The van der Waals surface area contributed by atoms with E-state index in [0.29, 0.717) is 5.15 Å². The highest BCUT2D eigenvalue weighted by molar-refractivity contribution is 14.1. The molecule has 0 saturated heterocycles. The van der Waals surface area contributed by atoms with Gasteiger partial charge >= 0.3 is 0 Å². The standard InChI is InChI=1S/C4H4ClIN2S/c1-7-2-3(5)8-9-4(2)6/h7H,1H3. The maximum atomic E-state index is 5.68. The summed E-state index contributed by atoms with van der Waals surface area (Å²) < 4.78 is 5.02. The molecule has 1 N–H and O–H groups in total. The van der Waals surface area contributed by atoms with Crippen molar-refractivity contribution in [1.29, 1.82) is 0 Å². The van der Waals surface area contributed by atoms with Gasteiger partial charge in [0.25, 0.3) is 0 Å². The minimum atomic E-state index is 0.562. The lowest BCUT2D eigenvalue weighted by Crippen LogP contribution is -1.86. The van der Waals surface area contributed by atoms with E-state index in [0.717, 1.165) is 8.57 Å². The average molecular weight is 275 g/mol. The first-order valence-corrected chi connectivity index (χ1v) is 4.47. The van der Waals surface area contributed by atoms with Gasteiger partial charge in [0.2, 0.25) is 0 Å². The van der Waals surface area contributed by atoms with Gasteiger partial charge in [-0.15, -0.1) is 0 Å². The molecule has 1 aromatic heterocycles. The molecular weight excluding hydrogens is 270 g/mol. The summed E-state index contributed by atoms with van der Waals surface area (Å²) in [5.41, 5.74) is 0.933. The summed E-state index contributed by atoms with van der Waals surface area (Å²) in [6.07, 6.45) is 0. The van der Waals surface area contributed by atoms with Gasteiger partial charge in [0.15, 0.2) is 5.15 Å². The van der Waals surface area contributed by atoms with Gasteiger partial charge in [-0.1, -0.05) is 11.6 Å². The lowest BCUT2D eigenvalue weighted by atomic mass is 10.6. The third-order valence-electron chi connectivity index (χ3n) is 0.859. The highest BCUT2D eigenvalue weighted by atomic mass is 127. The fourth-order valence-corrected chi connectivity index (χ4v) is 2.32. The predicted molar refractivity (Wildman–Crippen MR) is 49.4 cm³/mol. The Morgan fingerprint density at radius 2 is 2.44 bits per heavy atom. The van der Waals surface area contributed by atoms with Crippen molar-refractivity contribution in [2.75, 3.05) is 12.4 Å². The van der Waals surface area contributed by atoms with Gasteiger partial charge in [0, 0.05) is 7.05 Å². The molecule has 9 heavy (non-hydrogen) atoms. The van der Waals surface area contributed by atoms with E-state index in [2.05, 4.69) is 32.3 Å². The van der Waals surface area contributed by atoms with Crippen LogP contribution >= 0.6 is 45.7 Å². The SMILES string of the molecule is CNc1c(Cl)nsc1I. The molecule has 0 aliphatic rings. The van der Waals surface area contributed by atoms with Crippen molar-refractivity contribution in [3.05, 3.63) is 8.04 Å². The average Bonchev–Trinajstić information content (AvgIpc) is 2.12. The molecular formula is C4H4ClIN2S. The minimum Gasteiger partial charge on any atom is -0.384 e. The maximum Gasteiger partial charge on any atom is 0.167 e. The van der Waals surface area contributed by atoms with Gasteiger partial charge in [-0.3, -0.25) is 0 Å². The van der Waals surface area contributed by atoms with Crippen molar-refractivity contribution in [2.45, 2.75) is 0 Å². The summed E-state index contributed by atoms with van der Waals surface area (Å²) >= 11 is 9.27. The molecule has 0 aliphatic heterocycles. The first kappa shape index (κ1) is 7.56. The normalized spacial score (nSPS) is 9.67. The predicted octanol–water partition coefficient (Wildman–Crippen LogP) is 2.44. The quantitative estimate of drug-likeness (QED) is 0.796. The van der Waals surface area contributed by atoms with Crippen LogP contribution in [0.15, 0.2) is 0 Å². The Balaban J connectivity index is 3.07. The zero-order chi connectivity index (χ0) is 6.85. The Morgan fingerprint density at radius 1 is 1.78 bits per heavy atom. The van der Waals surface area contributed by atoms with Crippen molar-refractivity contribution in [3.8, 4) is 0 Å². The van der Waals surface area contributed by atoms with E-state index in [1.165, 1.54) is 11.5 Å². The Bertz CT molecular complexity index is 193. The lowest BCUT2D eigenvalue weighted by Gasteiger charge is -1.92. The molecule has 1 aromatic rings. The molecule has 0 aromatic carbocycles. The van der Waals surface area contributed by atoms with E-state index in [9.17, 15) is 0 Å².